The standard InChI is InChI=1S/C19H24N6S/c1-14(2)18-22-23-19(26-18)25-10-5-6-15(12-25)17-21-9-11-24(17)13-16-7-3-4-8-20-16/h3-4,7-9,11,14-15H,5-6,10,12-13H2,1-2H3/t15-/m1/s1. The molecule has 0 aromatic carbocycles. The van der Waals surface area contributed by atoms with E-state index in [4.69, 9.17) is 0 Å². The Morgan fingerprint density at radius 2 is 2.12 bits per heavy atom. The Bertz CT molecular complexity index is 841. The molecule has 0 aliphatic carbocycles. The van der Waals surface area contributed by atoms with Crippen LogP contribution in [0.1, 0.15) is 55.1 Å². The van der Waals surface area contributed by atoms with Gasteiger partial charge in [-0.3, -0.25) is 4.98 Å². The molecule has 0 unspecified atom stereocenters. The van der Waals surface area contributed by atoms with E-state index in [1.165, 1.54) is 0 Å². The summed E-state index contributed by atoms with van der Waals surface area (Å²) in [4.78, 5) is 11.5. The molecule has 1 atom stereocenters. The third-order valence-corrected chi connectivity index (χ3v) is 6.07. The van der Waals surface area contributed by atoms with Gasteiger partial charge < -0.3 is 9.47 Å². The van der Waals surface area contributed by atoms with Gasteiger partial charge >= 0.3 is 0 Å². The van der Waals surface area contributed by atoms with Crippen molar-refractivity contribution in [3.63, 3.8) is 0 Å². The van der Waals surface area contributed by atoms with E-state index in [1.807, 2.05) is 24.5 Å². The number of nitrogens with zero attached hydrogens (tertiary/aromatic N) is 6. The highest BCUT2D eigenvalue weighted by Gasteiger charge is 2.27. The molecule has 6 nitrogen and oxygen atoms in total. The molecule has 0 bridgehead atoms. The van der Waals surface area contributed by atoms with Crippen LogP contribution in [0.5, 0.6) is 0 Å². The Kier molecular flexibility index (Phi) is 4.97. The fraction of sp³-hybridized carbons (Fsp3) is 0.474. The second-order valence-corrected chi connectivity index (χ2v) is 8.08. The van der Waals surface area contributed by atoms with Crippen molar-refractivity contribution < 1.29 is 0 Å². The molecule has 0 N–H and O–H groups in total. The quantitative estimate of drug-likeness (QED) is 0.687. The minimum atomic E-state index is 0.411. The van der Waals surface area contributed by atoms with Crippen molar-refractivity contribution >= 4 is 16.5 Å². The summed E-state index contributed by atoms with van der Waals surface area (Å²) in [6.07, 6.45) is 8.11. The molecule has 1 saturated heterocycles. The maximum absolute atomic E-state index is 4.67. The van der Waals surface area contributed by atoms with Gasteiger partial charge in [0.25, 0.3) is 0 Å². The Labute approximate surface area is 157 Å². The zero-order valence-electron chi connectivity index (χ0n) is 15.2. The van der Waals surface area contributed by atoms with Crippen LogP contribution in [-0.2, 0) is 6.54 Å². The smallest absolute Gasteiger partial charge is 0.208 e. The monoisotopic (exact) mass is 368 g/mol. The fourth-order valence-electron chi connectivity index (χ4n) is 3.43. The molecule has 4 heterocycles. The average Bonchev–Trinajstić information content (AvgIpc) is 3.32. The Morgan fingerprint density at radius 3 is 2.88 bits per heavy atom. The number of anilines is 1. The summed E-state index contributed by atoms with van der Waals surface area (Å²) in [5, 5.41) is 10.9. The molecule has 0 amide bonds. The molecule has 7 heteroatoms. The molecule has 1 aliphatic heterocycles. The Hall–Kier alpha value is -2.28. The first kappa shape index (κ1) is 17.1. The zero-order chi connectivity index (χ0) is 17.9. The Morgan fingerprint density at radius 1 is 1.19 bits per heavy atom. The van der Waals surface area contributed by atoms with E-state index in [-0.39, 0.29) is 0 Å². The largest absolute Gasteiger partial charge is 0.346 e. The van der Waals surface area contributed by atoms with Crippen LogP contribution >= 0.6 is 11.3 Å². The summed E-state index contributed by atoms with van der Waals surface area (Å²) in [7, 11) is 0. The summed E-state index contributed by atoms with van der Waals surface area (Å²) in [6.45, 7) is 7.09. The molecule has 26 heavy (non-hydrogen) atoms. The van der Waals surface area contributed by atoms with E-state index in [9.17, 15) is 0 Å². The van der Waals surface area contributed by atoms with Gasteiger partial charge in [-0.05, 0) is 25.0 Å². The van der Waals surface area contributed by atoms with Crippen LogP contribution < -0.4 is 4.90 Å². The highest BCUT2D eigenvalue weighted by Crippen LogP contribution is 2.32. The van der Waals surface area contributed by atoms with Crippen LogP contribution in [0.3, 0.4) is 0 Å². The normalized spacial score (nSPS) is 17.8. The number of imidazole rings is 1. The maximum Gasteiger partial charge on any atom is 0.208 e. The van der Waals surface area contributed by atoms with Crippen molar-refractivity contribution in [2.24, 2.45) is 0 Å². The molecule has 0 spiro atoms. The summed E-state index contributed by atoms with van der Waals surface area (Å²) in [6, 6.07) is 6.04. The molecule has 3 aromatic heterocycles. The van der Waals surface area contributed by atoms with Crippen LogP contribution in [-0.4, -0.2) is 37.8 Å². The molecule has 3 aromatic rings. The van der Waals surface area contributed by atoms with Gasteiger partial charge in [-0.2, -0.15) is 0 Å². The van der Waals surface area contributed by atoms with E-state index in [0.29, 0.717) is 11.8 Å². The second kappa shape index (κ2) is 7.53. The van der Waals surface area contributed by atoms with Crippen LogP contribution in [0, 0.1) is 0 Å². The van der Waals surface area contributed by atoms with Crippen LogP contribution in [0.25, 0.3) is 0 Å². The number of hydrogen-bond donors (Lipinski definition) is 0. The summed E-state index contributed by atoms with van der Waals surface area (Å²) in [5.41, 5.74) is 1.06. The van der Waals surface area contributed by atoms with Gasteiger partial charge in [-0.1, -0.05) is 31.3 Å². The van der Waals surface area contributed by atoms with Gasteiger partial charge in [0.1, 0.15) is 10.8 Å². The first-order valence-electron chi connectivity index (χ1n) is 9.20. The summed E-state index contributed by atoms with van der Waals surface area (Å²) >= 11 is 1.72. The summed E-state index contributed by atoms with van der Waals surface area (Å²) < 4.78 is 2.23. The van der Waals surface area contributed by atoms with Crippen molar-refractivity contribution in [1.29, 1.82) is 0 Å². The van der Waals surface area contributed by atoms with E-state index >= 15 is 0 Å². The van der Waals surface area contributed by atoms with Crippen molar-refractivity contribution in [3.05, 3.63) is 53.3 Å². The SMILES string of the molecule is CC(C)c1nnc(N2CCC[C@@H](c3nccn3Cc3ccccn3)C2)s1. The predicted octanol–water partition coefficient (Wildman–Crippen LogP) is 3.69. The third kappa shape index (κ3) is 3.62. The van der Waals surface area contributed by atoms with Crippen LogP contribution in [0.15, 0.2) is 36.8 Å². The molecule has 1 aliphatic rings. The number of aromatic nitrogens is 5. The number of hydrogen-bond acceptors (Lipinski definition) is 6. The lowest BCUT2D eigenvalue weighted by molar-refractivity contribution is 0.474. The molecular weight excluding hydrogens is 344 g/mol. The van der Waals surface area contributed by atoms with Crippen LogP contribution in [0.2, 0.25) is 0 Å². The highest BCUT2D eigenvalue weighted by atomic mass is 32.1. The number of rotatable bonds is 5. The predicted molar refractivity (Wildman–Crippen MR) is 104 cm³/mol. The second-order valence-electron chi connectivity index (χ2n) is 7.10. The molecular formula is C19H24N6S. The molecule has 4 rings (SSSR count). The molecule has 0 saturated carbocycles. The zero-order valence-corrected chi connectivity index (χ0v) is 16.1. The van der Waals surface area contributed by atoms with Gasteiger partial charge in [0.15, 0.2) is 0 Å². The van der Waals surface area contributed by atoms with Gasteiger partial charge in [0, 0.05) is 43.5 Å². The first-order valence-corrected chi connectivity index (χ1v) is 10.0. The molecule has 136 valence electrons. The van der Waals surface area contributed by atoms with E-state index in [2.05, 4.69) is 55.7 Å². The highest BCUT2D eigenvalue weighted by molar-refractivity contribution is 7.15. The minimum Gasteiger partial charge on any atom is -0.346 e. The van der Waals surface area contributed by atoms with E-state index in [1.54, 1.807) is 11.3 Å². The number of piperidine rings is 1. The lowest BCUT2D eigenvalue weighted by atomic mass is 9.97. The topological polar surface area (TPSA) is 59.7 Å². The molecule has 0 radical (unpaired) electrons. The fourth-order valence-corrected chi connectivity index (χ4v) is 4.31. The van der Waals surface area contributed by atoms with E-state index in [0.717, 1.165) is 54.1 Å². The van der Waals surface area contributed by atoms with Crippen molar-refractivity contribution in [2.75, 3.05) is 18.0 Å². The molecule has 1 fully saturated rings. The van der Waals surface area contributed by atoms with E-state index < -0.39 is 0 Å². The summed E-state index contributed by atoms with van der Waals surface area (Å²) in [5.74, 6) is 1.99. The lowest BCUT2D eigenvalue weighted by Crippen LogP contribution is -2.35. The number of pyridine rings is 1. The van der Waals surface area contributed by atoms with Crippen molar-refractivity contribution in [1.82, 2.24) is 24.7 Å². The maximum atomic E-state index is 4.67. The van der Waals surface area contributed by atoms with Gasteiger partial charge in [0.05, 0.1) is 12.2 Å². The van der Waals surface area contributed by atoms with Crippen molar-refractivity contribution in [3.8, 4) is 0 Å². The first-order chi connectivity index (χ1) is 12.7. The van der Waals surface area contributed by atoms with Crippen molar-refractivity contribution in [2.45, 2.75) is 45.1 Å². The van der Waals surface area contributed by atoms with Gasteiger partial charge in [-0.25, -0.2) is 4.98 Å². The van der Waals surface area contributed by atoms with Gasteiger partial charge in [-0.15, -0.1) is 10.2 Å². The van der Waals surface area contributed by atoms with Gasteiger partial charge in [0.2, 0.25) is 5.13 Å². The minimum absolute atomic E-state index is 0.411. The third-order valence-electron chi connectivity index (χ3n) is 4.79. The van der Waals surface area contributed by atoms with Crippen LogP contribution in [0.4, 0.5) is 5.13 Å². The Balaban J connectivity index is 1.50. The average molecular weight is 369 g/mol. The lowest BCUT2D eigenvalue weighted by Gasteiger charge is -2.32.